The maximum atomic E-state index is 13.0. The van der Waals surface area contributed by atoms with Crippen LogP contribution in [-0.2, 0) is 16.1 Å². The SMILES string of the molecule is Cc1nn(Cc2ccccc2Cl)c(C)c1C(=O)OCC(=O)NC(C)c1ccc(F)cc1. The quantitative estimate of drug-likeness (QED) is 0.550. The zero-order valence-electron chi connectivity index (χ0n) is 17.5. The Hall–Kier alpha value is -3.19. The largest absolute Gasteiger partial charge is 0.452 e. The van der Waals surface area contributed by atoms with Crippen molar-refractivity contribution >= 4 is 23.5 Å². The first-order valence-corrected chi connectivity index (χ1v) is 10.1. The van der Waals surface area contributed by atoms with Crippen molar-refractivity contribution in [3.63, 3.8) is 0 Å². The number of carbonyl (C=O) groups excluding carboxylic acids is 2. The average molecular weight is 444 g/mol. The third-order valence-electron chi connectivity index (χ3n) is 4.95. The van der Waals surface area contributed by atoms with Crippen molar-refractivity contribution < 1.29 is 18.7 Å². The predicted molar refractivity (Wildman–Crippen MR) is 115 cm³/mol. The maximum absolute atomic E-state index is 13.0. The zero-order chi connectivity index (χ0) is 22.5. The van der Waals surface area contributed by atoms with Gasteiger partial charge in [-0.3, -0.25) is 9.48 Å². The van der Waals surface area contributed by atoms with Crippen LogP contribution in [0.25, 0.3) is 0 Å². The van der Waals surface area contributed by atoms with Gasteiger partial charge < -0.3 is 10.1 Å². The third-order valence-corrected chi connectivity index (χ3v) is 5.31. The molecule has 0 aliphatic heterocycles. The van der Waals surface area contributed by atoms with Crippen LogP contribution in [0, 0.1) is 19.7 Å². The van der Waals surface area contributed by atoms with Crippen molar-refractivity contribution in [1.82, 2.24) is 15.1 Å². The van der Waals surface area contributed by atoms with E-state index in [-0.39, 0.29) is 11.9 Å². The van der Waals surface area contributed by atoms with Crippen LogP contribution in [0.4, 0.5) is 4.39 Å². The molecule has 0 saturated carbocycles. The van der Waals surface area contributed by atoms with E-state index in [0.717, 1.165) is 11.1 Å². The van der Waals surface area contributed by atoms with E-state index in [2.05, 4.69) is 10.4 Å². The van der Waals surface area contributed by atoms with Gasteiger partial charge in [0.15, 0.2) is 6.61 Å². The Morgan fingerprint density at radius 3 is 2.52 bits per heavy atom. The van der Waals surface area contributed by atoms with E-state index in [1.54, 1.807) is 43.7 Å². The molecule has 1 aromatic heterocycles. The Balaban J connectivity index is 1.61. The fourth-order valence-electron chi connectivity index (χ4n) is 3.26. The number of nitrogens with zero attached hydrogens (tertiary/aromatic N) is 2. The minimum atomic E-state index is -0.620. The van der Waals surface area contributed by atoms with Crippen molar-refractivity contribution in [2.45, 2.75) is 33.4 Å². The normalized spacial score (nSPS) is 11.8. The highest BCUT2D eigenvalue weighted by Crippen LogP contribution is 2.20. The topological polar surface area (TPSA) is 73.2 Å². The molecular weight excluding hydrogens is 421 g/mol. The summed E-state index contributed by atoms with van der Waals surface area (Å²) in [4.78, 5) is 24.8. The summed E-state index contributed by atoms with van der Waals surface area (Å²) in [5.74, 6) is -1.43. The summed E-state index contributed by atoms with van der Waals surface area (Å²) in [6, 6.07) is 12.9. The lowest BCUT2D eigenvalue weighted by Gasteiger charge is -2.14. The van der Waals surface area contributed by atoms with E-state index in [9.17, 15) is 14.0 Å². The number of aromatic nitrogens is 2. The lowest BCUT2D eigenvalue weighted by atomic mass is 10.1. The number of hydrogen-bond donors (Lipinski definition) is 1. The highest BCUT2D eigenvalue weighted by Gasteiger charge is 2.21. The summed E-state index contributed by atoms with van der Waals surface area (Å²) in [6.45, 7) is 5.22. The highest BCUT2D eigenvalue weighted by molar-refractivity contribution is 6.31. The van der Waals surface area contributed by atoms with Crippen LogP contribution < -0.4 is 5.32 Å². The molecule has 3 rings (SSSR count). The van der Waals surface area contributed by atoms with Crippen LogP contribution in [0.3, 0.4) is 0 Å². The van der Waals surface area contributed by atoms with Crippen LogP contribution >= 0.6 is 11.6 Å². The Kier molecular flexibility index (Phi) is 7.07. The Morgan fingerprint density at radius 1 is 1.16 bits per heavy atom. The van der Waals surface area contributed by atoms with Gasteiger partial charge in [0.25, 0.3) is 5.91 Å². The Labute approximate surface area is 185 Å². The summed E-state index contributed by atoms with van der Waals surface area (Å²) in [6.07, 6.45) is 0. The van der Waals surface area contributed by atoms with Crippen molar-refractivity contribution in [3.05, 3.63) is 87.4 Å². The molecule has 1 atom stereocenters. The van der Waals surface area contributed by atoms with Gasteiger partial charge in [0, 0.05) is 5.02 Å². The second-order valence-electron chi connectivity index (χ2n) is 7.21. The summed E-state index contributed by atoms with van der Waals surface area (Å²) in [7, 11) is 0. The summed E-state index contributed by atoms with van der Waals surface area (Å²) in [5.41, 5.74) is 3.08. The van der Waals surface area contributed by atoms with E-state index in [0.29, 0.717) is 28.5 Å². The molecule has 2 aromatic carbocycles. The average Bonchev–Trinajstić information content (AvgIpc) is 3.01. The van der Waals surface area contributed by atoms with Gasteiger partial charge in [-0.15, -0.1) is 0 Å². The molecule has 31 heavy (non-hydrogen) atoms. The lowest BCUT2D eigenvalue weighted by molar-refractivity contribution is -0.124. The number of halogens is 2. The van der Waals surface area contributed by atoms with Crippen LogP contribution in [0.1, 0.15) is 45.8 Å². The number of hydrogen-bond acceptors (Lipinski definition) is 4. The summed E-state index contributed by atoms with van der Waals surface area (Å²) in [5, 5.41) is 7.75. The molecule has 0 fully saturated rings. The second-order valence-corrected chi connectivity index (χ2v) is 7.62. The first-order valence-electron chi connectivity index (χ1n) is 9.75. The molecule has 0 aliphatic carbocycles. The summed E-state index contributed by atoms with van der Waals surface area (Å²) >= 11 is 6.22. The van der Waals surface area contributed by atoms with E-state index >= 15 is 0 Å². The van der Waals surface area contributed by atoms with Gasteiger partial charge in [-0.05, 0) is 50.1 Å². The van der Waals surface area contributed by atoms with Gasteiger partial charge in [0.2, 0.25) is 0 Å². The molecule has 0 spiro atoms. The van der Waals surface area contributed by atoms with Gasteiger partial charge >= 0.3 is 5.97 Å². The van der Waals surface area contributed by atoms with Crippen molar-refractivity contribution in [2.75, 3.05) is 6.61 Å². The van der Waals surface area contributed by atoms with Crippen LogP contribution in [0.2, 0.25) is 5.02 Å². The van der Waals surface area contributed by atoms with Crippen LogP contribution in [0.5, 0.6) is 0 Å². The molecule has 8 heteroatoms. The second kappa shape index (κ2) is 9.75. The number of esters is 1. The molecule has 0 bridgehead atoms. The van der Waals surface area contributed by atoms with Crippen molar-refractivity contribution in [3.8, 4) is 0 Å². The number of benzene rings is 2. The summed E-state index contributed by atoms with van der Waals surface area (Å²) < 4.78 is 19.9. The number of carbonyl (C=O) groups is 2. The van der Waals surface area contributed by atoms with E-state index < -0.39 is 18.5 Å². The van der Waals surface area contributed by atoms with Gasteiger partial charge in [-0.2, -0.15) is 5.10 Å². The predicted octanol–water partition coefficient (Wildman–Crippen LogP) is 4.37. The zero-order valence-corrected chi connectivity index (χ0v) is 18.2. The van der Waals surface area contributed by atoms with Crippen molar-refractivity contribution in [1.29, 1.82) is 0 Å². The fourth-order valence-corrected chi connectivity index (χ4v) is 3.45. The van der Waals surface area contributed by atoms with E-state index in [1.165, 1.54) is 12.1 Å². The number of rotatable bonds is 7. The number of aryl methyl sites for hydroxylation is 1. The fraction of sp³-hybridized carbons (Fsp3) is 0.261. The minimum Gasteiger partial charge on any atom is -0.452 e. The molecule has 0 radical (unpaired) electrons. The lowest BCUT2D eigenvalue weighted by Crippen LogP contribution is -2.31. The molecule has 1 amide bonds. The smallest absolute Gasteiger partial charge is 0.342 e. The Morgan fingerprint density at radius 2 is 1.84 bits per heavy atom. The standard InChI is InChI=1S/C23H23ClFN3O3/c1-14(17-8-10-19(25)11-9-17)26-21(29)13-31-23(30)22-15(2)27-28(16(22)3)12-18-6-4-5-7-20(18)24/h4-11,14H,12-13H2,1-3H3,(H,26,29). The first-order chi connectivity index (χ1) is 14.8. The van der Waals surface area contributed by atoms with Crippen LogP contribution in [-0.4, -0.2) is 28.3 Å². The molecule has 1 heterocycles. The van der Waals surface area contributed by atoms with Gasteiger partial charge in [-0.25, -0.2) is 9.18 Å². The van der Waals surface area contributed by atoms with Gasteiger partial charge in [0.05, 0.1) is 24.0 Å². The van der Waals surface area contributed by atoms with E-state index in [1.807, 2.05) is 18.2 Å². The van der Waals surface area contributed by atoms with E-state index in [4.69, 9.17) is 16.3 Å². The molecule has 3 aromatic rings. The highest BCUT2D eigenvalue weighted by atomic mass is 35.5. The maximum Gasteiger partial charge on any atom is 0.342 e. The van der Waals surface area contributed by atoms with Gasteiger partial charge in [0.1, 0.15) is 11.4 Å². The number of ether oxygens (including phenoxy) is 1. The van der Waals surface area contributed by atoms with Crippen LogP contribution in [0.15, 0.2) is 48.5 Å². The number of amides is 1. The molecule has 1 N–H and O–H groups in total. The molecule has 0 saturated heterocycles. The van der Waals surface area contributed by atoms with Gasteiger partial charge in [-0.1, -0.05) is 41.9 Å². The molecule has 162 valence electrons. The molecule has 1 unspecified atom stereocenters. The third kappa shape index (κ3) is 5.49. The molecule has 0 aliphatic rings. The monoisotopic (exact) mass is 443 g/mol. The molecule has 6 nitrogen and oxygen atoms in total. The number of nitrogens with one attached hydrogen (secondary N) is 1. The van der Waals surface area contributed by atoms with Crippen molar-refractivity contribution in [2.24, 2.45) is 0 Å². The first kappa shape index (κ1) is 22.5. The minimum absolute atomic E-state index is 0.325. The molecular formula is C23H23ClFN3O3. The Bertz CT molecular complexity index is 1100.